The Morgan fingerprint density at radius 3 is 2.33 bits per heavy atom. The van der Waals surface area contributed by atoms with E-state index < -0.39 is 11.4 Å². The van der Waals surface area contributed by atoms with Crippen molar-refractivity contribution in [2.45, 2.75) is 32.2 Å². The standard InChI is InChI=1S/C17H27N3O/c1-13(2)14-8-10-20(11-9-14)12-17(19,16(18)21)15-6-4-3-5-7-15/h3-7,13-14H,8-12,19H2,1-2H3,(H2,18,21). The maximum absolute atomic E-state index is 11.9. The van der Waals surface area contributed by atoms with Gasteiger partial charge in [-0.1, -0.05) is 44.2 Å². The zero-order valence-corrected chi connectivity index (χ0v) is 13.1. The zero-order valence-electron chi connectivity index (χ0n) is 13.1. The Bertz CT molecular complexity index is 466. The van der Waals surface area contributed by atoms with E-state index >= 15 is 0 Å². The number of hydrogen-bond acceptors (Lipinski definition) is 3. The molecule has 1 atom stereocenters. The van der Waals surface area contributed by atoms with Gasteiger partial charge in [-0.05, 0) is 43.3 Å². The molecule has 1 unspecified atom stereocenters. The molecule has 4 nitrogen and oxygen atoms in total. The molecule has 1 aliphatic rings. The molecule has 2 rings (SSSR count). The van der Waals surface area contributed by atoms with E-state index in [1.165, 1.54) is 12.8 Å². The van der Waals surface area contributed by atoms with Crippen LogP contribution in [0.4, 0.5) is 0 Å². The molecule has 0 bridgehead atoms. The highest BCUT2D eigenvalue weighted by atomic mass is 16.1. The molecule has 1 amide bonds. The number of nitrogens with two attached hydrogens (primary N) is 2. The minimum Gasteiger partial charge on any atom is -0.368 e. The van der Waals surface area contributed by atoms with Crippen molar-refractivity contribution < 1.29 is 4.79 Å². The zero-order chi connectivity index (χ0) is 15.5. The summed E-state index contributed by atoms with van der Waals surface area (Å²) in [5, 5.41) is 0. The van der Waals surface area contributed by atoms with E-state index in [0.717, 1.165) is 30.5 Å². The fourth-order valence-corrected chi connectivity index (χ4v) is 3.18. The van der Waals surface area contributed by atoms with Crippen LogP contribution in [-0.2, 0) is 10.3 Å². The first-order valence-corrected chi connectivity index (χ1v) is 7.80. The van der Waals surface area contributed by atoms with Crippen molar-refractivity contribution in [1.82, 2.24) is 4.90 Å². The lowest BCUT2D eigenvalue weighted by Crippen LogP contribution is -2.57. The Balaban J connectivity index is 2.07. The molecule has 4 N–H and O–H groups in total. The number of nitrogens with zero attached hydrogens (tertiary/aromatic N) is 1. The van der Waals surface area contributed by atoms with Gasteiger partial charge in [-0.2, -0.15) is 0 Å². The van der Waals surface area contributed by atoms with Gasteiger partial charge in [0, 0.05) is 6.54 Å². The van der Waals surface area contributed by atoms with Gasteiger partial charge in [0.05, 0.1) is 0 Å². The molecule has 1 aliphatic heterocycles. The molecule has 1 heterocycles. The quantitative estimate of drug-likeness (QED) is 0.866. The highest BCUT2D eigenvalue weighted by molar-refractivity contribution is 5.86. The second-order valence-corrected chi connectivity index (χ2v) is 6.56. The molecule has 21 heavy (non-hydrogen) atoms. The van der Waals surface area contributed by atoms with Crippen LogP contribution in [0.2, 0.25) is 0 Å². The summed E-state index contributed by atoms with van der Waals surface area (Å²) in [4.78, 5) is 14.2. The van der Waals surface area contributed by atoms with Gasteiger partial charge < -0.3 is 16.4 Å². The summed E-state index contributed by atoms with van der Waals surface area (Å²) < 4.78 is 0. The van der Waals surface area contributed by atoms with Crippen molar-refractivity contribution in [2.75, 3.05) is 19.6 Å². The van der Waals surface area contributed by atoms with Crippen molar-refractivity contribution >= 4 is 5.91 Å². The third-order valence-corrected chi connectivity index (χ3v) is 4.78. The van der Waals surface area contributed by atoms with Gasteiger partial charge in [0.15, 0.2) is 0 Å². The predicted octanol–water partition coefficient (Wildman–Crippen LogP) is 1.69. The smallest absolute Gasteiger partial charge is 0.243 e. The van der Waals surface area contributed by atoms with Crippen LogP contribution in [0.5, 0.6) is 0 Å². The average molecular weight is 289 g/mol. The lowest BCUT2D eigenvalue weighted by atomic mass is 9.84. The fourth-order valence-electron chi connectivity index (χ4n) is 3.18. The molecule has 1 aromatic carbocycles. The van der Waals surface area contributed by atoms with Gasteiger partial charge in [-0.3, -0.25) is 4.79 Å². The second kappa shape index (κ2) is 6.58. The Hall–Kier alpha value is -1.39. The van der Waals surface area contributed by atoms with E-state index in [-0.39, 0.29) is 0 Å². The summed E-state index contributed by atoms with van der Waals surface area (Å²) in [7, 11) is 0. The molecule has 0 aromatic heterocycles. The molecule has 0 aliphatic carbocycles. The normalized spacial score (nSPS) is 20.4. The lowest BCUT2D eigenvalue weighted by molar-refractivity contribution is -0.124. The highest BCUT2D eigenvalue weighted by Crippen LogP contribution is 2.27. The first kappa shape index (κ1) is 16.0. The largest absolute Gasteiger partial charge is 0.368 e. The van der Waals surface area contributed by atoms with Crippen LogP contribution in [-0.4, -0.2) is 30.4 Å². The monoisotopic (exact) mass is 289 g/mol. The van der Waals surface area contributed by atoms with Crippen LogP contribution in [0.15, 0.2) is 30.3 Å². The summed E-state index contributed by atoms with van der Waals surface area (Å²) in [5.41, 5.74) is 11.7. The summed E-state index contributed by atoms with van der Waals surface area (Å²) in [5.74, 6) is 1.04. The second-order valence-electron chi connectivity index (χ2n) is 6.56. The predicted molar refractivity (Wildman–Crippen MR) is 85.5 cm³/mol. The van der Waals surface area contributed by atoms with Crippen molar-refractivity contribution in [2.24, 2.45) is 23.3 Å². The first-order chi connectivity index (χ1) is 9.93. The van der Waals surface area contributed by atoms with Gasteiger partial charge in [0.1, 0.15) is 5.54 Å². The van der Waals surface area contributed by atoms with E-state index in [1.54, 1.807) is 0 Å². The van der Waals surface area contributed by atoms with Crippen LogP contribution >= 0.6 is 0 Å². The highest BCUT2D eigenvalue weighted by Gasteiger charge is 2.37. The number of carbonyl (C=O) groups excluding carboxylic acids is 1. The molecular weight excluding hydrogens is 262 g/mol. The Morgan fingerprint density at radius 2 is 1.86 bits per heavy atom. The third-order valence-electron chi connectivity index (χ3n) is 4.78. The Labute approximate surface area is 127 Å². The SMILES string of the molecule is CC(C)C1CCN(CC(N)(C(N)=O)c2ccccc2)CC1. The number of carbonyl (C=O) groups is 1. The summed E-state index contributed by atoms with van der Waals surface area (Å²) in [6.45, 7) is 7.03. The third kappa shape index (κ3) is 3.63. The number of primary amides is 1. The van der Waals surface area contributed by atoms with E-state index in [4.69, 9.17) is 11.5 Å². The number of rotatable bonds is 5. The van der Waals surface area contributed by atoms with E-state index in [1.807, 2.05) is 30.3 Å². The minimum absolute atomic E-state index is 0.459. The molecule has 0 radical (unpaired) electrons. The average Bonchev–Trinajstić information content (AvgIpc) is 2.48. The fraction of sp³-hybridized carbons (Fsp3) is 0.588. The van der Waals surface area contributed by atoms with Crippen LogP contribution in [0.1, 0.15) is 32.3 Å². The summed E-state index contributed by atoms with van der Waals surface area (Å²) in [6, 6.07) is 9.46. The molecule has 0 saturated carbocycles. The van der Waals surface area contributed by atoms with Crippen molar-refractivity contribution in [3.05, 3.63) is 35.9 Å². The van der Waals surface area contributed by atoms with Gasteiger partial charge in [-0.25, -0.2) is 0 Å². The molecule has 1 aromatic rings. The van der Waals surface area contributed by atoms with Crippen molar-refractivity contribution in [1.29, 1.82) is 0 Å². The molecular formula is C17H27N3O. The molecule has 1 fully saturated rings. The summed E-state index contributed by atoms with van der Waals surface area (Å²) >= 11 is 0. The van der Waals surface area contributed by atoms with Crippen molar-refractivity contribution in [3.8, 4) is 0 Å². The van der Waals surface area contributed by atoms with Crippen LogP contribution in [0.25, 0.3) is 0 Å². The summed E-state index contributed by atoms with van der Waals surface area (Å²) in [6.07, 6.45) is 2.34. The number of likely N-dealkylation sites (tertiary alicyclic amines) is 1. The van der Waals surface area contributed by atoms with Gasteiger partial charge in [-0.15, -0.1) is 0 Å². The molecule has 4 heteroatoms. The first-order valence-electron chi connectivity index (χ1n) is 7.80. The van der Waals surface area contributed by atoms with Gasteiger partial charge in [0.2, 0.25) is 5.91 Å². The van der Waals surface area contributed by atoms with Crippen molar-refractivity contribution in [3.63, 3.8) is 0 Å². The molecule has 116 valence electrons. The molecule has 0 spiro atoms. The Kier molecular flexibility index (Phi) is 5.01. The van der Waals surface area contributed by atoms with Crippen LogP contribution < -0.4 is 11.5 Å². The number of amides is 1. The molecule has 1 saturated heterocycles. The van der Waals surface area contributed by atoms with Crippen LogP contribution in [0, 0.1) is 11.8 Å². The topological polar surface area (TPSA) is 72.3 Å². The maximum atomic E-state index is 11.9. The minimum atomic E-state index is -1.11. The van der Waals surface area contributed by atoms with E-state index in [0.29, 0.717) is 6.54 Å². The van der Waals surface area contributed by atoms with Gasteiger partial charge >= 0.3 is 0 Å². The Morgan fingerprint density at radius 1 is 1.29 bits per heavy atom. The van der Waals surface area contributed by atoms with Crippen LogP contribution in [0.3, 0.4) is 0 Å². The lowest BCUT2D eigenvalue weighted by Gasteiger charge is -2.38. The van der Waals surface area contributed by atoms with Gasteiger partial charge in [0.25, 0.3) is 0 Å². The van der Waals surface area contributed by atoms with E-state index in [2.05, 4.69) is 18.7 Å². The number of benzene rings is 1. The number of hydrogen-bond donors (Lipinski definition) is 2. The number of piperidine rings is 1. The van der Waals surface area contributed by atoms with E-state index in [9.17, 15) is 4.79 Å². The maximum Gasteiger partial charge on any atom is 0.243 e.